The SMILES string of the molecule is Nc1cc2c(-c3ccc4ccccc4c3)nn(C(c3ccccc3)(c3ccccc3)c3ccccc3)c2cc1F. The van der Waals surface area contributed by atoms with Crippen molar-refractivity contribution in [2.24, 2.45) is 0 Å². The van der Waals surface area contributed by atoms with Crippen LogP contribution in [-0.2, 0) is 5.54 Å². The normalized spacial score (nSPS) is 11.7. The van der Waals surface area contributed by atoms with Gasteiger partial charge in [-0.25, -0.2) is 9.07 Å². The summed E-state index contributed by atoms with van der Waals surface area (Å²) < 4.78 is 17.3. The lowest BCUT2D eigenvalue weighted by molar-refractivity contribution is 0.476. The Hall–Kier alpha value is -5.22. The van der Waals surface area contributed by atoms with Crippen LogP contribution in [-0.4, -0.2) is 9.78 Å². The van der Waals surface area contributed by atoms with E-state index in [2.05, 4.69) is 66.7 Å². The van der Waals surface area contributed by atoms with Crippen LogP contribution in [0.25, 0.3) is 32.9 Å². The van der Waals surface area contributed by atoms with Crippen LogP contribution < -0.4 is 5.73 Å². The molecule has 0 unspecified atom stereocenters. The van der Waals surface area contributed by atoms with Crippen molar-refractivity contribution in [2.45, 2.75) is 5.54 Å². The van der Waals surface area contributed by atoms with Crippen LogP contribution in [0.3, 0.4) is 0 Å². The molecule has 7 rings (SSSR count). The summed E-state index contributed by atoms with van der Waals surface area (Å²) in [5.74, 6) is -0.471. The van der Waals surface area contributed by atoms with Crippen molar-refractivity contribution in [1.82, 2.24) is 9.78 Å². The summed E-state index contributed by atoms with van der Waals surface area (Å²) in [5, 5.41) is 8.39. The number of hydrogen-bond acceptors (Lipinski definition) is 2. The Morgan fingerprint density at radius 1 is 0.575 bits per heavy atom. The Bertz CT molecular complexity index is 1870. The van der Waals surface area contributed by atoms with Crippen molar-refractivity contribution in [3.05, 3.63) is 168 Å². The average molecular weight is 520 g/mol. The molecular formula is C36H26FN3. The third kappa shape index (κ3) is 3.69. The van der Waals surface area contributed by atoms with E-state index in [1.54, 1.807) is 6.07 Å². The molecule has 1 aromatic heterocycles. The second kappa shape index (κ2) is 9.51. The van der Waals surface area contributed by atoms with Crippen LogP contribution in [0.2, 0.25) is 0 Å². The molecule has 0 atom stereocenters. The van der Waals surface area contributed by atoms with Gasteiger partial charge in [0.05, 0.1) is 11.2 Å². The molecule has 0 aliphatic rings. The van der Waals surface area contributed by atoms with E-state index in [1.807, 2.05) is 71.4 Å². The van der Waals surface area contributed by atoms with Gasteiger partial charge >= 0.3 is 0 Å². The van der Waals surface area contributed by atoms with Crippen molar-refractivity contribution >= 4 is 27.4 Å². The highest BCUT2D eigenvalue weighted by molar-refractivity contribution is 5.98. The Morgan fingerprint density at radius 3 is 1.68 bits per heavy atom. The maximum absolute atomic E-state index is 15.3. The topological polar surface area (TPSA) is 43.8 Å². The van der Waals surface area contributed by atoms with E-state index in [0.717, 1.165) is 44.1 Å². The van der Waals surface area contributed by atoms with Crippen LogP contribution in [0.4, 0.5) is 10.1 Å². The van der Waals surface area contributed by atoms with Gasteiger partial charge in [0.1, 0.15) is 17.1 Å². The van der Waals surface area contributed by atoms with Crippen molar-refractivity contribution in [2.75, 3.05) is 5.73 Å². The summed E-state index contributed by atoms with van der Waals surface area (Å²) in [4.78, 5) is 0. The number of nitrogens with two attached hydrogens (primary N) is 1. The predicted molar refractivity (Wildman–Crippen MR) is 162 cm³/mol. The van der Waals surface area contributed by atoms with Gasteiger partial charge in [0.25, 0.3) is 0 Å². The molecular weight excluding hydrogens is 493 g/mol. The molecule has 0 saturated carbocycles. The first-order valence-electron chi connectivity index (χ1n) is 13.3. The minimum Gasteiger partial charge on any atom is -0.396 e. The molecule has 7 aromatic rings. The summed E-state index contributed by atoms with van der Waals surface area (Å²) in [7, 11) is 0. The van der Waals surface area contributed by atoms with Gasteiger partial charge in [0.15, 0.2) is 0 Å². The summed E-state index contributed by atoms with van der Waals surface area (Å²) in [6.07, 6.45) is 0. The lowest BCUT2D eigenvalue weighted by atomic mass is 9.77. The van der Waals surface area contributed by atoms with E-state index in [9.17, 15) is 0 Å². The number of rotatable bonds is 5. The molecule has 40 heavy (non-hydrogen) atoms. The molecule has 4 heteroatoms. The number of nitrogen functional groups attached to an aromatic ring is 1. The van der Waals surface area contributed by atoms with Crippen LogP contribution in [0.1, 0.15) is 16.7 Å². The lowest BCUT2D eigenvalue weighted by Crippen LogP contribution is -2.38. The van der Waals surface area contributed by atoms with Gasteiger partial charge in [-0.15, -0.1) is 0 Å². The number of halogens is 1. The maximum Gasteiger partial charge on any atom is 0.148 e. The molecule has 0 aliphatic heterocycles. The summed E-state index contributed by atoms with van der Waals surface area (Å²) in [5.41, 5.74) is 10.8. The second-order valence-electron chi connectivity index (χ2n) is 10.0. The lowest BCUT2D eigenvalue weighted by Gasteiger charge is -2.37. The zero-order valence-corrected chi connectivity index (χ0v) is 21.7. The zero-order valence-electron chi connectivity index (χ0n) is 21.7. The number of anilines is 1. The van der Waals surface area contributed by atoms with Gasteiger partial charge in [-0.1, -0.05) is 127 Å². The molecule has 0 aliphatic carbocycles. The molecule has 0 saturated heterocycles. The fraction of sp³-hybridized carbons (Fsp3) is 0.0278. The predicted octanol–water partition coefficient (Wildman–Crippen LogP) is 8.42. The summed E-state index contributed by atoms with van der Waals surface area (Å²) in [6, 6.07) is 48.6. The highest BCUT2D eigenvalue weighted by atomic mass is 19.1. The van der Waals surface area contributed by atoms with Crippen LogP contribution in [0.5, 0.6) is 0 Å². The Labute approximate surface area is 232 Å². The van der Waals surface area contributed by atoms with Crippen molar-refractivity contribution < 1.29 is 4.39 Å². The highest BCUT2D eigenvalue weighted by Crippen LogP contribution is 2.44. The van der Waals surface area contributed by atoms with E-state index in [4.69, 9.17) is 10.8 Å². The van der Waals surface area contributed by atoms with E-state index < -0.39 is 11.4 Å². The maximum atomic E-state index is 15.3. The van der Waals surface area contributed by atoms with Crippen molar-refractivity contribution in [1.29, 1.82) is 0 Å². The third-order valence-electron chi connectivity index (χ3n) is 7.71. The van der Waals surface area contributed by atoms with Gasteiger partial charge in [-0.2, -0.15) is 5.10 Å². The molecule has 0 fully saturated rings. The number of benzene rings is 6. The standard InChI is InChI=1S/C36H26FN3/c37-32-24-34-31(23-33(32)38)35(27-21-20-25-12-10-11-13-26(25)22-27)39-40(34)36(28-14-4-1-5-15-28,29-16-6-2-7-17-29)30-18-8-3-9-19-30/h1-24H,38H2. The third-order valence-corrected chi connectivity index (χ3v) is 7.71. The molecule has 192 valence electrons. The van der Waals surface area contributed by atoms with Gasteiger partial charge < -0.3 is 5.73 Å². The quantitative estimate of drug-likeness (QED) is 0.183. The molecule has 0 spiro atoms. The van der Waals surface area contributed by atoms with Crippen molar-refractivity contribution in [3.63, 3.8) is 0 Å². The fourth-order valence-electron chi connectivity index (χ4n) is 5.86. The van der Waals surface area contributed by atoms with Crippen LogP contribution >= 0.6 is 0 Å². The highest BCUT2D eigenvalue weighted by Gasteiger charge is 2.41. The van der Waals surface area contributed by atoms with Gasteiger partial charge in [-0.05, 0) is 39.6 Å². The second-order valence-corrected chi connectivity index (χ2v) is 10.0. The molecule has 0 radical (unpaired) electrons. The van der Waals surface area contributed by atoms with E-state index in [-0.39, 0.29) is 5.69 Å². The van der Waals surface area contributed by atoms with Gasteiger partial charge in [0.2, 0.25) is 0 Å². The van der Waals surface area contributed by atoms with E-state index in [1.165, 1.54) is 6.07 Å². The molecule has 0 bridgehead atoms. The molecule has 2 N–H and O–H groups in total. The number of nitrogens with zero attached hydrogens (tertiary/aromatic N) is 2. The van der Waals surface area contributed by atoms with Crippen LogP contribution in [0, 0.1) is 5.82 Å². The summed E-state index contributed by atoms with van der Waals surface area (Å²) >= 11 is 0. The monoisotopic (exact) mass is 519 g/mol. The van der Waals surface area contributed by atoms with E-state index >= 15 is 4.39 Å². The first-order valence-corrected chi connectivity index (χ1v) is 13.3. The largest absolute Gasteiger partial charge is 0.396 e. The van der Waals surface area contributed by atoms with Crippen molar-refractivity contribution in [3.8, 4) is 11.3 Å². The van der Waals surface area contributed by atoms with Gasteiger partial charge in [-0.3, -0.25) is 0 Å². The number of hydrogen-bond donors (Lipinski definition) is 1. The van der Waals surface area contributed by atoms with Crippen LogP contribution in [0.15, 0.2) is 146 Å². The fourth-order valence-corrected chi connectivity index (χ4v) is 5.86. The first kappa shape index (κ1) is 23.9. The number of fused-ring (bicyclic) bond motifs is 2. The number of aromatic nitrogens is 2. The first-order chi connectivity index (χ1) is 19.7. The Morgan fingerprint density at radius 2 is 1.10 bits per heavy atom. The molecule has 1 heterocycles. The Balaban J connectivity index is 1.64. The minimum absolute atomic E-state index is 0.0961. The van der Waals surface area contributed by atoms with Gasteiger partial charge in [0, 0.05) is 17.0 Å². The smallest absolute Gasteiger partial charge is 0.148 e. The molecule has 3 nitrogen and oxygen atoms in total. The minimum atomic E-state index is -0.889. The average Bonchev–Trinajstić information content (AvgIpc) is 3.37. The molecule has 6 aromatic carbocycles. The molecule has 0 amide bonds. The zero-order chi connectivity index (χ0) is 27.1. The Kier molecular flexibility index (Phi) is 5.67. The summed E-state index contributed by atoms with van der Waals surface area (Å²) in [6.45, 7) is 0. The van der Waals surface area contributed by atoms with E-state index in [0.29, 0.717) is 5.52 Å².